The molecule has 0 aliphatic heterocycles. The van der Waals surface area contributed by atoms with E-state index in [0.717, 1.165) is 54.9 Å². The average molecular weight is 849 g/mol. The highest BCUT2D eigenvalue weighted by molar-refractivity contribution is 7.26. The van der Waals surface area contributed by atoms with E-state index in [-0.39, 0.29) is 0 Å². The van der Waals surface area contributed by atoms with Gasteiger partial charge in [0.2, 0.25) is 0 Å². The molecule has 0 unspecified atom stereocenters. The number of para-hydroxylation sites is 3. The smallest absolute Gasteiger partial charge is 0.164 e. The molecule has 0 fully saturated rings. The second kappa shape index (κ2) is 15.1. The summed E-state index contributed by atoms with van der Waals surface area (Å²) in [5, 5.41) is 5.96. The fraction of sp³-hybridized carbons (Fsp3) is 0. The zero-order valence-electron chi connectivity index (χ0n) is 34.9. The van der Waals surface area contributed by atoms with Crippen molar-refractivity contribution in [3.63, 3.8) is 0 Å². The van der Waals surface area contributed by atoms with Crippen LogP contribution < -0.4 is 0 Å². The van der Waals surface area contributed by atoms with E-state index in [0.29, 0.717) is 17.5 Å². The zero-order chi connectivity index (χ0) is 42.8. The summed E-state index contributed by atoms with van der Waals surface area (Å²) in [7, 11) is 0. The lowest BCUT2D eigenvalue weighted by atomic mass is 9.99. The van der Waals surface area contributed by atoms with E-state index >= 15 is 0 Å². The van der Waals surface area contributed by atoms with Crippen molar-refractivity contribution >= 4 is 64.2 Å². The third-order valence-electron chi connectivity index (χ3n) is 12.5. The van der Waals surface area contributed by atoms with Crippen molar-refractivity contribution in [3.8, 4) is 67.9 Å². The Labute approximate surface area is 378 Å². The lowest BCUT2D eigenvalue weighted by Crippen LogP contribution is -2.01. The van der Waals surface area contributed by atoms with Gasteiger partial charge in [0.15, 0.2) is 17.5 Å². The second-order valence-corrected chi connectivity index (χ2v) is 17.3. The Kier molecular flexibility index (Phi) is 8.60. The first-order valence-electron chi connectivity index (χ1n) is 21.7. The van der Waals surface area contributed by atoms with Gasteiger partial charge in [-0.25, -0.2) is 15.0 Å². The number of hydrogen-bond donors (Lipinski definition) is 0. The van der Waals surface area contributed by atoms with E-state index in [1.165, 1.54) is 48.4 Å². The predicted molar refractivity (Wildman–Crippen MR) is 269 cm³/mol. The summed E-state index contributed by atoms with van der Waals surface area (Å²) in [5.74, 6) is 1.82. The highest BCUT2D eigenvalue weighted by Gasteiger charge is 2.20. The van der Waals surface area contributed by atoms with Crippen LogP contribution in [0.1, 0.15) is 0 Å². The van der Waals surface area contributed by atoms with Gasteiger partial charge in [-0.2, -0.15) is 0 Å². The first-order valence-corrected chi connectivity index (χ1v) is 22.5. The SMILES string of the molecule is c1ccc(-c2nc(-c3ccc4c(ccn4-c4ccccc4)c3)nc(-c3ccccc3-c3nccc4c3sc3ccc(-c5ccc6c(c5)c5ccccc5n6-c5ccccc5)cc34)n2)cc1. The van der Waals surface area contributed by atoms with E-state index < -0.39 is 0 Å². The standard InChI is InChI=1S/C58H36N6S/c1-4-14-37(15-5-1)56-60-57(41-25-27-50-40(34-41)31-33-63(50)42-16-6-2-7-17-42)62-58(61-56)47-22-11-10-21-45(47)54-55-46(30-32-59-54)49-36-39(26-29-53(49)65-55)38-24-28-52-48(35-38)44-20-12-13-23-51(44)64(52)43-18-8-3-9-19-43/h1-36H. The molecule has 0 spiro atoms. The molecule has 0 saturated heterocycles. The summed E-state index contributed by atoms with van der Waals surface area (Å²) in [6, 6.07) is 72.7. The van der Waals surface area contributed by atoms with Crippen molar-refractivity contribution in [2.75, 3.05) is 0 Å². The van der Waals surface area contributed by atoms with Crippen molar-refractivity contribution in [2.45, 2.75) is 0 Å². The number of fused-ring (bicyclic) bond motifs is 7. The van der Waals surface area contributed by atoms with Crippen molar-refractivity contribution < 1.29 is 0 Å². The Morgan fingerprint density at radius 3 is 1.82 bits per heavy atom. The van der Waals surface area contributed by atoms with E-state index in [2.05, 4.69) is 179 Å². The quantitative estimate of drug-likeness (QED) is 0.160. The van der Waals surface area contributed by atoms with Crippen LogP contribution in [-0.4, -0.2) is 29.1 Å². The Balaban J connectivity index is 0.924. The van der Waals surface area contributed by atoms with Gasteiger partial charge in [0.05, 0.1) is 26.9 Å². The minimum atomic E-state index is 0.595. The van der Waals surface area contributed by atoms with Crippen LogP contribution in [-0.2, 0) is 0 Å². The number of aromatic nitrogens is 6. The normalized spacial score (nSPS) is 11.7. The second-order valence-electron chi connectivity index (χ2n) is 16.3. The molecule has 5 heterocycles. The molecule has 0 atom stereocenters. The van der Waals surface area contributed by atoms with Crippen molar-refractivity contribution in [3.05, 3.63) is 219 Å². The summed E-state index contributed by atoms with van der Waals surface area (Å²) in [4.78, 5) is 20.6. The maximum absolute atomic E-state index is 5.23. The van der Waals surface area contributed by atoms with Gasteiger partial charge in [0.25, 0.3) is 0 Å². The van der Waals surface area contributed by atoms with E-state index in [1.54, 1.807) is 11.3 Å². The molecular weight excluding hydrogens is 813 g/mol. The number of hydrogen-bond acceptors (Lipinski definition) is 5. The molecule has 0 aliphatic carbocycles. The molecule has 65 heavy (non-hydrogen) atoms. The number of rotatable bonds is 7. The fourth-order valence-corrected chi connectivity index (χ4v) is 10.6. The van der Waals surface area contributed by atoms with Crippen molar-refractivity contribution in [2.24, 2.45) is 0 Å². The van der Waals surface area contributed by atoms with Gasteiger partial charge in [-0.3, -0.25) is 4.98 Å². The minimum Gasteiger partial charge on any atom is -0.317 e. The monoisotopic (exact) mass is 848 g/mol. The molecule has 8 aromatic carbocycles. The lowest BCUT2D eigenvalue weighted by molar-refractivity contribution is 1.07. The summed E-state index contributed by atoms with van der Waals surface area (Å²) in [6.07, 6.45) is 4.05. The molecule has 13 rings (SSSR count). The number of pyridine rings is 1. The summed E-state index contributed by atoms with van der Waals surface area (Å²) in [5.41, 5.74) is 12.8. The zero-order valence-corrected chi connectivity index (χ0v) is 35.7. The van der Waals surface area contributed by atoms with Crippen molar-refractivity contribution in [1.82, 2.24) is 29.1 Å². The van der Waals surface area contributed by atoms with Gasteiger partial charge in [0.1, 0.15) is 0 Å². The molecular formula is C58H36N6S. The number of benzene rings is 8. The predicted octanol–water partition coefficient (Wildman–Crippen LogP) is 15.0. The maximum Gasteiger partial charge on any atom is 0.164 e. The van der Waals surface area contributed by atoms with Gasteiger partial charge < -0.3 is 9.13 Å². The van der Waals surface area contributed by atoms with Gasteiger partial charge in [-0.05, 0) is 96.1 Å². The van der Waals surface area contributed by atoms with E-state index in [9.17, 15) is 0 Å². The number of nitrogens with zero attached hydrogens (tertiary/aromatic N) is 6. The summed E-state index contributed by atoms with van der Waals surface area (Å²) >= 11 is 1.78. The van der Waals surface area contributed by atoms with Crippen LogP contribution in [0.4, 0.5) is 0 Å². The van der Waals surface area contributed by atoms with Crippen LogP contribution in [0.2, 0.25) is 0 Å². The van der Waals surface area contributed by atoms with Crippen LogP contribution in [0, 0.1) is 0 Å². The first kappa shape index (κ1) is 37.1. The third kappa shape index (κ3) is 6.24. The summed E-state index contributed by atoms with van der Waals surface area (Å²) < 4.78 is 6.90. The lowest BCUT2D eigenvalue weighted by Gasteiger charge is -2.12. The maximum atomic E-state index is 5.23. The molecule has 0 aliphatic rings. The largest absolute Gasteiger partial charge is 0.317 e. The van der Waals surface area contributed by atoms with E-state index in [4.69, 9.17) is 19.9 Å². The van der Waals surface area contributed by atoms with Gasteiger partial charge in [-0.1, -0.05) is 121 Å². The van der Waals surface area contributed by atoms with E-state index in [1.807, 2.05) is 48.7 Å². The number of thiophene rings is 1. The van der Waals surface area contributed by atoms with Crippen LogP contribution >= 0.6 is 11.3 Å². The Morgan fingerprint density at radius 2 is 1.00 bits per heavy atom. The average Bonchev–Trinajstić information content (AvgIpc) is 4.08. The highest BCUT2D eigenvalue weighted by Crippen LogP contribution is 2.43. The molecule has 13 aromatic rings. The van der Waals surface area contributed by atoms with Crippen LogP contribution in [0.3, 0.4) is 0 Å². The minimum absolute atomic E-state index is 0.595. The molecule has 0 saturated carbocycles. The Hall–Kier alpha value is -8.52. The van der Waals surface area contributed by atoms with Crippen LogP contribution in [0.25, 0.3) is 121 Å². The molecule has 7 heteroatoms. The van der Waals surface area contributed by atoms with Crippen LogP contribution in [0.15, 0.2) is 219 Å². The summed E-state index contributed by atoms with van der Waals surface area (Å²) in [6.45, 7) is 0. The Bertz CT molecular complexity index is 3940. The topological polar surface area (TPSA) is 61.4 Å². The molecule has 0 amide bonds. The molecule has 0 bridgehead atoms. The van der Waals surface area contributed by atoms with Crippen LogP contribution in [0.5, 0.6) is 0 Å². The fourth-order valence-electron chi connectivity index (χ4n) is 9.40. The van der Waals surface area contributed by atoms with Gasteiger partial charge in [0, 0.05) is 77.7 Å². The molecule has 304 valence electrons. The molecule has 5 aromatic heterocycles. The molecule has 6 nitrogen and oxygen atoms in total. The Morgan fingerprint density at radius 1 is 0.385 bits per heavy atom. The molecule has 0 radical (unpaired) electrons. The molecule has 0 N–H and O–H groups in total. The highest BCUT2D eigenvalue weighted by atomic mass is 32.1. The first-order chi connectivity index (χ1) is 32.2. The van der Waals surface area contributed by atoms with Gasteiger partial charge >= 0.3 is 0 Å². The van der Waals surface area contributed by atoms with Gasteiger partial charge in [-0.15, -0.1) is 11.3 Å². The third-order valence-corrected chi connectivity index (χ3v) is 13.7. The van der Waals surface area contributed by atoms with Crippen molar-refractivity contribution in [1.29, 1.82) is 0 Å².